The second-order valence-electron chi connectivity index (χ2n) is 9.96. The molecule has 210 valence electrons. The molecule has 3 heterocycles. The number of aromatic amines is 1. The molecule has 2 N–H and O–H groups in total. The van der Waals surface area contributed by atoms with Crippen molar-refractivity contribution >= 4 is 17.7 Å². The molecule has 0 bridgehead atoms. The Labute approximate surface area is 238 Å². The first-order chi connectivity index (χ1) is 20.1. The largest absolute Gasteiger partial charge is 0.494 e. The number of ether oxygens (including phenoxy) is 1. The van der Waals surface area contributed by atoms with Crippen molar-refractivity contribution in [2.24, 2.45) is 5.92 Å². The summed E-state index contributed by atoms with van der Waals surface area (Å²) in [7, 11) is 1.54. The Hall–Kier alpha value is -4.80. The number of H-pyrrole nitrogens is 1. The summed E-state index contributed by atoms with van der Waals surface area (Å²) in [4.78, 5) is 28.9. The van der Waals surface area contributed by atoms with Gasteiger partial charge in [0.1, 0.15) is 5.84 Å². The van der Waals surface area contributed by atoms with E-state index in [1.807, 2.05) is 42.5 Å². The minimum Gasteiger partial charge on any atom is -0.494 e. The number of hydrogen-bond donors (Lipinski definition) is 2. The quantitative estimate of drug-likeness (QED) is 0.112. The molecular formula is C30H33N9O2. The minimum absolute atomic E-state index is 0.0155. The summed E-state index contributed by atoms with van der Waals surface area (Å²) in [5.74, 6) is 1.13. The fourth-order valence-corrected chi connectivity index (χ4v) is 4.65. The molecule has 0 radical (unpaired) electrons. The third kappa shape index (κ3) is 6.34. The van der Waals surface area contributed by atoms with Crippen LogP contribution in [0.25, 0.3) is 22.6 Å². The highest BCUT2D eigenvalue weighted by atomic mass is 16.5. The van der Waals surface area contributed by atoms with Gasteiger partial charge in [0, 0.05) is 35.2 Å². The van der Waals surface area contributed by atoms with Crippen LogP contribution in [0.15, 0.2) is 66.6 Å². The lowest BCUT2D eigenvalue weighted by Crippen LogP contribution is -2.44. The lowest BCUT2D eigenvalue weighted by molar-refractivity contribution is -0.114. The van der Waals surface area contributed by atoms with Crippen molar-refractivity contribution in [2.75, 3.05) is 12.0 Å². The van der Waals surface area contributed by atoms with E-state index >= 15 is 0 Å². The van der Waals surface area contributed by atoms with Crippen molar-refractivity contribution in [1.82, 2.24) is 35.6 Å². The zero-order valence-corrected chi connectivity index (χ0v) is 23.2. The third-order valence-electron chi connectivity index (χ3n) is 7.22. The Kier molecular flexibility index (Phi) is 8.82. The second-order valence-corrected chi connectivity index (χ2v) is 9.96. The van der Waals surface area contributed by atoms with Crippen LogP contribution in [0.2, 0.25) is 0 Å². The number of nitrogens with zero attached hydrogens (tertiary/aromatic N) is 7. The molecule has 0 atom stereocenters. The first-order valence-electron chi connectivity index (χ1n) is 13.8. The van der Waals surface area contributed by atoms with Gasteiger partial charge in [-0.1, -0.05) is 62.6 Å². The monoisotopic (exact) mass is 551 g/mol. The van der Waals surface area contributed by atoms with Crippen molar-refractivity contribution in [3.63, 3.8) is 0 Å². The number of carbonyl (C=O) groups is 1. The molecule has 0 unspecified atom stereocenters. The second kappa shape index (κ2) is 13.0. The van der Waals surface area contributed by atoms with E-state index in [0.717, 1.165) is 60.9 Å². The smallest absolute Gasteiger partial charge is 0.262 e. The van der Waals surface area contributed by atoms with Crippen molar-refractivity contribution in [3.05, 3.63) is 72.2 Å². The molecule has 0 saturated heterocycles. The fraction of sp³-hybridized carbons (Fsp3) is 0.333. The number of rotatable bonds is 11. The number of allylic oxidation sites excluding steroid dienone is 1. The summed E-state index contributed by atoms with van der Waals surface area (Å²) in [6.45, 7) is 2.12. The molecule has 1 aliphatic carbocycles. The number of nitrogens with one attached hydrogen (secondary N) is 2. The zero-order chi connectivity index (χ0) is 28.6. The van der Waals surface area contributed by atoms with Gasteiger partial charge in [-0.3, -0.25) is 15.2 Å². The van der Waals surface area contributed by atoms with Crippen LogP contribution in [0.5, 0.6) is 5.75 Å². The predicted octanol–water partition coefficient (Wildman–Crippen LogP) is 5.20. The maximum Gasteiger partial charge on any atom is 0.262 e. The Morgan fingerprint density at radius 2 is 1.88 bits per heavy atom. The molecule has 1 saturated carbocycles. The topological polar surface area (TPSA) is 147 Å². The van der Waals surface area contributed by atoms with Crippen LogP contribution in [0.1, 0.15) is 51.0 Å². The first-order valence-corrected chi connectivity index (χ1v) is 13.8. The van der Waals surface area contributed by atoms with Gasteiger partial charge in [-0.05, 0) is 36.1 Å². The third-order valence-corrected chi connectivity index (χ3v) is 7.22. The molecule has 3 aromatic heterocycles. The maximum atomic E-state index is 14.1. The maximum absolute atomic E-state index is 14.1. The van der Waals surface area contributed by atoms with Gasteiger partial charge in [0.15, 0.2) is 5.75 Å². The summed E-state index contributed by atoms with van der Waals surface area (Å²) in [6.07, 6.45) is 12.7. The summed E-state index contributed by atoms with van der Waals surface area (Å²) >= 11 is 0. The minimum atomic E-state index is -0.283. The number of carbonyl (C=O) groups excluding carboxylic acids is 1. The summed E-state index contributed by atoms with van der Waals surface area (Å²) in [6, 6.07) is 11.7. The van der Waals surface area contributed by atoms with Gasteiger partial charge < -0.3 is 4.74 Å². The molecule has 41 heavy (non-hydrogen) atoms. The van der Waals surface area contributed by atoms with Crippen molar-refractivity contribution in [2.45, 2.75) is 51.9 Å². The highest BCUT2D eigenvalue weighted by molar-refractivity contribution is 6.21. The van der Waals surface area contributed by atoms with Gasteiger partial charge >= 0.3 is 0 Å². The van der Waals surface area contributed by atoms with Gasteiger partial charge in [0.25, 0.3) is 5.91 Å². The molecule has 1 aliphatic rings. The predicted molar refractivity (Wildman–Crippen MR) is 155 cm³/mol. The highest BCUT2D eigenvalue weighted by Gasteiger charge is 2.33. The molecule has 1 fully saturated rings. The molecule has 4 aromatic rings. The van der Waals surface area contributed by atoms with Crippen LogP contribution in [-0.4, -0.2) is 54.4 Å². The first kappa shape index (κ1) is 27.8. The van der Waals surface area contributed by atoms with E-state index in [1.54, 1.807) is 6.20 Å². The average molecular weight is 552 g/mol. The number of unbranched alkanes of at least 4 members (excludes halogenated alkanes) is 2. The van der Waals surface area contributed by atoms with Crippen LogP contribution in [0.3, 0.4) is 0 Å². The number of tetrazole rings is 1. The lowest BCUT2D eigenvalue weighted by Gasteiger charge is -2.32. The highest BCUT2D eigenvalue weighted by Crippen LogP contribution is 2.31. The van der Waals surface area contributed by atoms with Crippen LogP contribution >= 0.6 is 0 Å². The number of amidine groups is 1. The standard InChI is InChI=1S/C30H33N9O2/c1-3-4-5-9-22(29(40)39(27(31)21-10-8-11-21)30-33-18-23(41-2)19-34-30)16-20-14-15-26(32-17-20)24-12-6-7-13-25(24)28-35-37-38-36-28/h6-7,9,12-15,17-19,21,31H,3-5,8,10-11,16H2,1-2H3,(H,35,36,37,38)/b22-9+,31-27?. The average Bonchev–Trinajstić information content (AvgIpc) is 3.52. The molecule has 0 aliphatic heterocycles. The van der Waals surface area contributed by atoms with Crippen LogP contribution in [0, 0.1) is 11.3 Å². The van der Waals surface area contributed by atoms with E-state index in [9.17, 15) is 4.79 Å². The summed E-state index contributed by atoms with van der Waals surface area (Å²) < 4.78 is 5.20. The van der Waals surface area contributed by atoms with Gasteiger partial charge in [0.2, 0.25) is 11.8 Å². The number of amides is 1. The van der Waals surface area contributed by atoms with Crippen LogP contribution < -0.4 is 9.64 Å². The molecular weight excluding hydrogens is 518 g/mol. The van der Waals surface area contributed by atoms with Gasteiger partial charge in [-0.2, -0.15) is 5.21 Å². The normalized spacial score (nSPS) is 13.5. The number of aromatic nitrogens is 7. The van der Waals surface area contributed by atoms with Crippen molar-refractivity contribution in [3.8, 4) is 28.4 Å². The number of pyridine rings is 1. The van der Waals surface area contributed by atoms with Gasteiger partial charge in [-0.25, -0.2) is 14.9 Å². The molecule has 1 amide bonds. The number of hydrogen-bond acceptors (Lipinski definition) is 9. The Bertz CT molecular complexity index is 1500. The molecule has 1 aromatic carbocycles. The summed E-state index contributed by atoms with van der Waals surface area (Å²) in [5.41, 5.74) is 3.93. The number of benzene rings is 1. The molecule has 11 heteroatoms. The number of methoxy groups -OCH3 is 1. The van der Waals surface area contributed by atoms with E-state index in [-0.39, 0.29) is 23.6 Å². The summed E-state index contributed by atoms with van der Waals surface area (Å²) in [5, 5.41) is 23.3. The van der Waals surface area contributed by atoms with E-state index in [0.29, 0.717) is 23.6 Å². The van der Waals surface area contributed by atoms with Gasteiger partial charge in [-0.15, -0.1) is 10.2 Å². The fourth-order valence-electron chi connectivity index (χ4n) is 4.65. The van der Waals surface area contributed by atoms with E-state index in [4.69, 9.17) is 15.1 Å². The Balaban J connectivity index is 1.43. The van der Waals surface area contributed by atoms with E-state index in [1.165, 1.54) is 24.4 Å². The van der Waals surface area contributed by atoms with E-state index in [2.05, 4.69) is 37.5 Å². The van der Waals surface area contributed by atoms with Crippen LogP contribution in [0.4, 0.5) is 5.95 Å². The zero-order valence-electron chi connectivity index (χ0n) is 23.2. The molecule has 11 nitrogen and oxygen atoms in total. The Morgan fingerprint density at radius 3 is 2.49 bits per heavy atom. The van der Waals surface area contributed by atoms with Gasteiger partial charge in [0.05, 0.1) is 25.2 Å². The van der Waals surface area contributed by atoms with Crippen molar-refractivity contribution in [1.29, 1.82) is 5.41 Å². The lowest BCUT2D eigenvalue weighted by atomic mass is 9.84. The molecule has 0 spiro atoms. The van der Waals surface area contributed by atoms with E-state index < -0.39 is 0 Å². The van der Waals surface area contributed by atoms with Crippen LogP contribution in [-0.2, 0) is 11.2 Å². The molecule has 5 rings (SSSR count). The number of anilines is 1. The Morgan fingerprint density at radius 1 is 1.10 bits per heavy atom. The van der Waals surface area contributed by atoms with Crippen molar-refractivity contribution < 1.29 is 9.53 Å². The SMILES string of the molecule is CCCC/C=C(\Cc1ccc(-c2ccccc2-c2nn[nH]n2)nc1)C(=O)N(C(=N)C1CCC1)c1ncc(OC)cn1.